The number of nitrogens with one attached hydrogen (secondary N) is 1. The largest absolute Gasteiger partial charge is 0.483 e. The van der Waals surface area contributed by atoms with Gasteiger partial charge in [-0.25, -0.2) is 4.99 Å². The van der Waals surface area contributed by atoms with Crippen molar-refractivity contribution in [3.63, 3.8) is 0 Å². The Kier molecular flexibility index (Phi) is 5.30. The summed E-state index contributed by atoms with van der Waals surface area (Å²) in [4.78, 5) is 31.1. The highest BCUT2D eigenvalue weighted by Crippen LogP contribution is 2.41. The van der Waals surface area contributed by atoms with Gasteiger partial charge >= 0.3 is 0 Å². The van der Waals surface area contributed by atoms with E-state index in [2.05, 4.69) is 10.3 Å². The lowest BCUT2D eigenvalue weighted by atomic mass is 10.0. The van der Waals surface area contributed by atoms with Crippen molar-refractivity contribution in [1.82, 2.24) is 10.2 Å². The van der Waals surface area contributed by atoms with Gasteiger partial charge in [-0.2, -0.15) is 0 Å². The molecule has 0 radical (unpaired) electrons. The molecule has 0 aliphatic carbocycles. The molecule has 1 fully saturated rings. The Morgan fingerprint density at radius 3 is 2.90 bits per heavy atom. The zero-order valence-corrected chi connectivity index (χ0v) is 17.0. The lowest BCUT2D eigenvalue weighted by Crippen LogP contribution is -2.36. The summed E-state index contributed by atoms with van der Waals surface area (Å²) in [6.07, 6.45) is 6.01. The number of amides is 2. The number of aliphatic imine (C=N–C) groups is 1. The van der Waals surface area contributed by atoms with Crippen LogP contribution in [0.2, 0.25) is 0 Å². The van der Waals surface area contributed by atoms with Crippen LogP contribution in [0, 0.1) is 0 Å². The van der Waals surface area contributed by atoms with Crippen LogP contribution in [0.4, 0.5) is 0 Å². The number of carbonyl (C=O) groups excluding carboxylic acids is 2. The second-order valence-electron chi connectivity index (χ2n) is 8.31. The molecular weight excluding hydrogens is 370 g/mol. The molecular formula is C22H29N3O4. The topological polar surface area (TPSA) is 80.2 Å². The Bertz CT molecular complexity index is 888. The summed E-state index contributed by atoms with van der Waals surface area (Å²) >= 11 is 0. The summed E-state index contributed by atoms with van der Waals surface area (Å²) in [5.41, 5.74) is 1.23. The molecule has 29 heavy (non-hydrogen) atoms. The number of benzene rings is 1. The average molecular weight is 399 g/mol. The first-order valence-corrected chi connectivity index (χ1v) is 10.2. The molecule has 0 aromatic heterocycles. The highest BCUT2D eigenvalue weighted by atomic mass is 16.5. The summed E-state index contributed by atoms with van der Waals surface area (Å²) < 4.78 is 11.7. The van der Waals surface area contributed by atoms with Crippen LogP contribution in [-0.2, 0) is 16.0 Å². The number of rotatable bonds is 4. The van der Waals surface area contributed by atoms with Crippen molar-refractivity contribution in [2.75, 3.05) is 19.7 Å². The van der Waals surface area contributed by atoms with E-state index in [9.17, 15) is 9.59 Å². The highest BCUT2D eigenvalue weighted by Gasteiger charge is 2.32. The van der Waals surface area contributed by atoms with E-state index >= 15 is 0 Å². The number of ether oxygens (including phenoxy) is 2. The second kappa shape index (κ2) is 7.89. The third-order valence-corrected chi connectivity index (χ3v) is 5.28. The summed E-state index contributed by atoms with van der Waals surface area (Å²) in [6.45, 7) is 5.47. The van der Waals surface area contributed by atoms with Crippen LogP contribution in [0.3, 0.4) is 0 Å². The molecule has 156 valence electrons. The zero-order chi connectivity index (χ0) is 20.4. The number of fused-ring (bicyclic) bond motifs is 1. The van der Waals surface area contributed by atoms with Crippen LogP contribution in [0.15, 0.2) is 35.0 Å². The van der Waals surface area contributed by atoms with Gasteiger partial charge < -0.3 is 19.7 Å². The van der Waals surface area contributed by atoms with Gasteiger partial charge in [-0.1, -0.05) is 18.2 Å². The first kappa shape index (κ1) is 19.5. The first-order valence-electron chi connectivity index (χ1n) is 10.2. The average Bonchev–Trinajstić information content (AvgIpc) is 3.32. The molecule has 0 bridgehead atoms. The van der Waals surface area contributed by atoms with Gasteiger partial charge in [0.05, 0.1) is 0 Å². The first-order chi connectivity index (χ1) is 13.9. The standard InChI is InChI=1S/C22H27N3O4.H2/c1-22(2)13-15-7-5-9-17(20(15)29-22)28-14-19(26)24-18-10-6-8-16(23-18)21(27)25-11-3-4-12-25;/h5,7-9H,3-4,6,10-14H2,1-2H3,(H,23,24,26);1H. The molecule has 0 saturated carbocycles. The molecule has 1 aromatic carbocycles. The van der Waals surface area contributed by atoms with Gasteiger partial charge in [0.2, 0.25) is 0 Å². The lowest BCUT2D eigenvalue weighted by molar-refractivity contribution is -0.126. The molecule has 0 atom stereocenters. The van der Waals surface area contributed by atoms with Crippen LogP contribution in [0.1, 0.15) is 46.5 Å². The van der Waals surface area contributed by atoms with Crippen molar-refractivity contribution < 1.29 is 20.5 Å². The number of para-hydroxylation sites is 1. The Morgan fingerprint density at radius 2 is 2.10 bits per heavy atom. The van der Waals surface area contributed by atoms with E-state index in [1.54, 1.807) is 6.07 Å². The SMILES string of the molecule is CC1(C)Cc2cccc(OCC(=O)NC3=NC(C(=O)N4CCCC4)=CCC3)c2O1.[HH]. The number of likely N-dealkylation sites (tertiary alicyclic amines) is 1. The summed E-state index contributed by atoms with van der Waals surface area (Å²) in [5, 5.41) is 2.78. The van der Waals surface area contributed by atoms with E-state index in [1.165, 1.54) is 0 Å². The number of amidine groups is 1. The Morgan fingerprint density at radius 1 is 1.31 bits per heavy atom. The van der Waals surface area contributed by atoms with E-state index in [0.717, 1.165) is 37.9 Å². The smallest absolute Gasteiger partial charge is 0.272 e. The predicted octanol–water partition coefficient (Wildman–Crippen LogP) is 2.84. The number of hydrogen-bond acceptors (Lipinski definition) is 5. The van der Waals surface area contributed by atoms with Gasteiger partial charge in [0.25, 0.3) is 11.8 Å². The van der Waals surface area contributed by atoms with Gasteiger partial charge in [-0.15, -0.1) is 0 Å². The Hall–Kier alpha value is -2.83. The van der Waals surface area contributed by atoms with Crippen LogP contribution < -0.4 is 14.8 Å². The van der Waals surface area contributed by atoms with Gasteiger partial charge in [0, 0.05) is 32.9 Å². The van der Waals surface area contributed by atoms with Gasteiger partial charge in [0.15, 0.2) is 18.1 Å². The van der Waals surface area contributed by atoms with Gasteiger partial charge in [-0.05, 0) is 39.2 Å². The maximum absolute atomic E-state index is 12.5. The third-order valence-electron chi connectivity index (χ3n) is 5.28. The highest BCUT2D eigenvalue weighted by molar-refractivity contribution is 6.03. The van der Waals surface area contributed by atoms with Crippen molar-refractivity contribution >= 4 is 17.6 Å². The fourth-order valence-corrected chi connectivity index (χ4v) is 3.94. The van der Waals surface area contributed by atoms with E-state index in [0.29, 0.717) is 35.9 Å². The maximum atomic E-state index is 12.5. The molecule has 7 heteroatoms. The Balaban J connectivity index is 0.00000256. The molecule has 7 nitrogen and oxygen atoms in total. The van der Waals surface area contributed by atoms with Crippen LogP contribution >= 0.6 is 0 Å². The number of nitrogens with zero attached hydrogens (tertiary/aromatic N) is 2. The molecule has 0 unspecified atom stereocenters. The van der Waals surface area contributed by atoms with Crippen molar-refractivity contribution in [2.45, 2.75) is 51.6 Å². The molecule has 1 saturated heterocycles. The molecule has 1 N–H and O–H groups in total. The molecule has 1 aromatic rings. The number of carbonyl (C=O) groups is 2. The van der Waals surface area contributed by atoms with Crippen molar-refractivity contribution in [3.05, 3.63) is 35.5 Å². The van der Waals surface area contributed by atoms with Gasteiger partial charge in [-0.3, -0.25) is 9.59 Å². The fourth-order valence-electron chi connectivity index (χ4n) is 3.94. The quantitative estimate of drug-likeness (QED) is 0.844. The van der Waals surface area contributed by atoms with Crippen LogP contribution in [-0.4, -0.2) is 47.8 Å². The van der Waals surface area contributed by atoms with Crippen LogP contribution in [0.5, 0.6) is 11.5 Å². The molecule has 4 rings (SSSR count). The van der Waals surface area contributed by atoms with E-state index in [-0.39, 0.29) is 25.4 Å². The predicted molar refractivity (Wildman–Crippen MR) is 111 cm³/mol. The zero-order valence-electron chi connectivity index (χ0n) is 17.0. The molecule has 2 amide bonds. The minimum absolute atomic E-state index is 0. The minimum Gasteiger partial charge on any atom is -0.483 e. The maximum Gasteiger partial charge on any atom is 0.272 e. The second-order valence-corrected chi connectivity index (χ2v) is 8.31. The fraction of sp³-hybridized carbons (Fsp3) is 0.500. The van der Waals surface area contributed by atoms with E-state index < -0.39 is 0 Å². The van der Waals surface area contributed by atoms with Crippen molar-refractivity contribution in [1.29, 1.82) is 0 Å². The van der Waals surface area contributed by atoms with Crippen molar-refractivity contribution in [2.24, 2.45) is 4.99 Å². The lowest BCUT2D eigenvalue weighted by Gasteiger charge is -2.19. The normalized spacial score (nSPS) is 19.7. The van der Waals surface area contributed by atoms with E-state index in [4.69, 9.17) is 9.47 Å². The number of allylic oxidation sites excluding steroid dienone is 1. The summed E-state index contributed by atoms with van der Waals surface area (Å²) in [6, 6.07) is 5.73. The Labute approximate surface area is 172 Å². The van der Waals surface area contributed by atoms with Crippen LogP contribution in [0.25, 0.3) is 0 Å². The molecule has 3 aliphatic rings. The van der Waals surface area contributed by atoms with E-state index in [1.807, 2.05) is 37.0 Å². The molecule has 3 aliphatic heterocycles. The minimum atomic E-state index is -0.298. The summed E-state index contributed by atoms with van der Waals surface area (Å²) in [7, 11) is 0. The van der Waals surface area contributed by atoms with Crippen molar-refractivity contribution in [3.8, 4) is 11.5 Å². The number of hydrogen-bond donors (Lipinski definition) is 1. The summed E-state index contributed by atoms with van der Waals surface area (Å²) in [5.74, 6) is 1.44. The van der Waals surface area contributed by atoms with Gasteiger partial charge in [0.1, 0.15) is 17.1 Å². The molecule has 0 spiro atoms. The molecule has 3 heterocycles. The monoisotopic (exact) mass is 399 g/mol. The third kappa shape index (κ3) is 4.44.